The number of phosphoric ester groups is 1. The van der Waals surface area contributed by atoms with Gasteiger partial charge in [0.05, 0.1) is 26.4 Å². The topological polar surface area (TPSA) is 132 Å². The van der Waals surface area contributed by atoms with Gasteiger partial charge in [-0.25, -0.2) is 4.57 Å². The van der Waals surface area contributed by atoms with Gasteiger partial charge < -0.3 is 24.6 Å². The van der Waals surface area contributed by atoms with Crippen LogP contribution in [0.1, 0.15) is 174 Å². The molecule has 0 aromatic carbocycles. The monoisotopic (exact) mass is 745 g/mol. The van der Waals surface area contributed by atoms with E-state index in [-0.39, 0.29) is 19.6 Å². The van der Waals surface area contributed by atoms with Crippen LogP contribution in [0, 0.1) is 0 Å². The molecule has 0 heterocycles. The maximum atomic E-state index is 12.6. The Morgan fingerprint density at radius 2 is 1.08 bits per heavy atom. The van der Waals surface area contributed by atoms with Crippen molar-refractivity contribution in [3.63, 3.8) is 0 Å². The quantitative estimate of drug-likeness (QED) is 0.0243. The van der Waals surface area contributed by atoms with E-state index < -0.39 is 39.2 Å². The summed E-state index contributed by atoms with van der Waals surface area (Å²) in [7, 11) is -4.52. The molecule has 0 radical (unpaired) electrons. The molecule has 0 saturated heterocycles. The SMILES string of the molecule is CCCC/C=C\C/C=C\CCCCCCCCOCC(COP(=O)(O)OCC(O)CO)OC(=O)CCCCCCC/C=C\CCCCCCCC. The van der Waals surface area contributed by atoms with Gasteiger partial charge in [-0.05, 0) is 64.2 Å². The lowest BCUT2D eigenvalue weighted by Gasteiger charge is -2.20. The van der Waals surface area contributed by atoms with Crippen LogP contribution in [-0.2, 0) is 27.9 Å². The van der Waals surface area contributed by atoms with Crippen LogP contribution in [0.3, 0.4) is 0 Å². The zero-order valence-electron chi connectivity index (χ0n) is 32.6. The van der Waals surface area contributed by atoms with E-state index in [4.69, 9.17) is 23.6 Å². The minimum absolute atomic E-state index is 0.0392. The van der Waals surface area contributed by atoms with Crippen LogP contribution in [0.25, 0.3) is 0 Å². The number of carbonyl (C=O) groups excluding carboxylic acids is 1. The number of hydrogen-bond acceptors (Lipinski definition) is 8. The summed E-state index contributed by atoms with van der Waals surface area (Å²) in [6.07, 6.45) is 39.5. The number of carbonyl (C=O) groups is 1. The maximum Gasteiger partial charge on any atom is 0.472 e. The van der Waals surface area contributed by atoms with Gasteiger partial charge in [-0.15, -0.1) is 0 Å². The van der Waals surface area contributed by atoms with Crippen LogP contribution >= 0.6 is 7.82 Å². The molecule has 3 unspecified atom stereocenters. The molecule has 9 nitrogen and oxygen atoms in total. The van der Waals surface area contributed by atoms with E-state index in [0.29, 0.717) is 13.0 Å². The fraction of sp³-hybridized carbons (Fsp3) is 0.829. The summed E-state index contributed by atoms with van der Waals surface area (Å²) in [4.78, 5) is 22.5. The number of aliphatic hydroxyl groups is 2. The van der Waals surface area contributed by atoms with Gasteiger partial charge in [0.1, 0.15) is 12.2 Å². The molecule has 0 aromatic heterocycles. The number of allylic oxidation sites excluding steroid dienone is 6. The number of esters is 1. The number of unbranched alkanes of at least 4 members (excludes halogenated alkanes) is 19. The minimum atomic E-state index is -4.52. The van der Waals surface area contributed by atoms with Crippen molar-refractivity contribution in [2.75, 3.05) is 33.0 Å². The second kappa shape index (κ2) is 38.4. The predicted molar refractivity (Wildman–Crippen MR) is 210 cm³/mol. The van der Waals surface area contributed by atoms with Gasteiger partial charge in [0, 0.05) is 13.0 Å². The van der Waals surface area contributed by atoms with Crippen LogP contribution in [-0.4, -0.2) is 66.3 Å². The molecule has 0 saturated carbocycles. The molecule has 0 rings (SSSR count). The lowest BCUT2D eigenvalue weighted by molar-refractivity contribution is -0.154. The maximum absolute atomic E-state index is 12.6. The van der Waals surface area contributed by atoms with Gasteiger partial charge in [-0.3, -0.25) is 13.8 Å². The van der Waals surface area contributed by atoms with Crippen molar-refractivity contribution in [3.05, 3.63) is 36.5 Å². The summed E-state index contributed by atoms with van der Waals surface area (Å²) in [6.45, 7) is 3.44. The van der Waals surface area contributed by atoms with Crippen LogP contribution < -0.4 is 0 Å². The number of rotatable bonds is 39. The zero-order chi connectivity index (χ0) is 37.5. The largest absolute Gasteiger partial charge is 0.472 e. The van der Waals surface area contributed by atoms with E-state index in [1.54, 1.807) is 0 Å². The Balaban J connectivity index is 4.23. The van der Waals surface area contributed by atoms with Crippen molar-refractivity contribution in [3.8, 4) is 0 Å². The van der Waals surface area contributed by atoms with Gasteiger partial charge in [0.2, 0.25) is 0 Å². The first-order valence-corrected chi connectivity index (χ1v) is 22.0. The Bertz CT molecular complexity index is 892. The van der Waals surface area contributed by atoms with Gasteiger partial charge in [0.15, 0.2) is 0 Å². The van der Waals surface area contributed by atoms with E-state index >= 15 is 0 Å². The fourth-order valence-corrected chi connectivity index (χ4v) is 6.16. The lowest BCUT2D eigenvalue weighted by Crippen LogP contribution is -2.29. The summed E-state index contributed by atoms with van der Waals surface area (Å²) in [6, 6.07) is 0. The first-order chi connectivity index (χ1) is 24.8. The first kappa shape index (κ1) is 49.7. The Morgan fingerprint density at radius 3 is 1.65 bits per heavy atom. The molecule has 51 heavy (non-hydrogen) atoms. The zero-order valence-corrected chi connectivity index (χ0v) is 33.5. The summed E-state index contributed by atoms with van der Waals surface area (Å²) in [5.41, 5.74) is 0. The highest BCUT2D eigenvalue weighted by atomic mass is 31.2. The summed E-state index contributed by atoms with van der Waals surface area (Å²) in [5.74, 6) is -0.396. The highest BCUT2D eigenvalue weighted by Gasteiger charge is 2.26. The standard InChI is InChI=1S/C41H77O9P/c1-3-5-7-9-11-13-15-17-19-21-23-25-27-29-31-33-41(44)50-40(38-49-51(45,46)48-36-39(43)35-42)37-47-34-32-30-28-26-24-22-20-18-16-14-12-10-8-6-4-2/h10,12,16-19,39-40,42-43H,3-9,11,13-15,20-38H2,1-2H3,(H,45,46)/b12-10-,18-16-,19-17-. The molecule has 3 N–H and O–H groups in total. The second-order valence-electron chi connectivity index (χ2n) is 13.6. The molecule has 10 heteroatoms. The van der Waals surface area contributed by atoms with E-state index in [1.807, 2.05) is 0 Å². The number of aliphatic hydroxyl groups excluding tert-OH is 2. The third kappa shape index (κ3) is 38.2. The van der Waals surface area contributed by atoms with Crippen molar-refractivity contribution in [1.82, 2.24) is 0 Å². The van der Waals surface area contributed by atoms with Crippen LogP contribution in [0.4, 0.5) is 0 Å². The van der Waals surface area contributed by atoms with Crippen molar-refractivity contribution in [1.29, 1.82) is 0 Å². The van der Waals surface area contributed by atoms with E-state index in [1.165, 1.54) is 83.5 Å². The molecule has 0 amide bonds. The highest BCUT2D eigenvalue weighted by Crippen LogP contribution is 2.43. The highest BCUT2D eigenvalue weighted by molar-refractivity contribution is 7.47. The van der Waals surface area contributed by atoms with Crippen molar-refractivity contribution < 1.29 is 43.0 Å². The molecule has 0 aliphatic carbocycles. The summed E-state index contributed by atoms with van der Waals surface area (Å²) >= 11 is 0. The molecule has 300 valence electrons. The predicted octanol–water partition coefficient (Wildman–Crippen LogP) is 10.9. The Hall–Kier alpha value is -1.32. The van der Waals surface area contributed by atoms with Crippen LogP contribution in [0.2, 0.25) is 0 Å². The Labute approximate surface area is 312 Å². The number of ether oxygens (including phenoxy) is 2. The summed E-state index contributed by atoms with van der Waals surface area (Å²) < 4.78 is 33.3. The second-order valence-corrected chi connectivity index (χ2v) is 15.1. The van der Waals surface area contributed by atoms with Gasteiger partial charge in [0.25, 0.3) is 0 Å². The number of phosphoric acid groups is 1. The first-order valence-electron chi connectivity index (χ1n) is 20.5. The Morgan fingerprint density at radius 1 is 0.608 bits per heavy atom. The van der Waals surface area contributed by atoms with Crippen molar-refractivity contribution in [2.45, 2.75) is 187 Å². The third-order valence-corrected chi connectivity index (χ3v) is 9.50. The van der Waals surface area contributed by atoms with Gasteiger partial charge in [-0.1, -0.05) is 140 Å². The fourth-order valence-electron chi connectivity index (χ4n) is 5.37. The average Bonchev–Trinajstić information content (AvgIpc) is 3.12. The third-order valence-electron chi connectivity index (χ3n) is 8.55. The normalized spacial score (nSPS) is 14.5. The Kier molecular flexibility index (Phi) is 37.4. The van der Waals surface area contributed by atoms with E-state index in [9.17, 15) is 19.4 Å². The summed E-state index contributed by atoms with van der Waals surface area (Å²) in [5, 5.41) is 18.3. The average molecular weight is 745 g/mol. The van der Waals surface area contributed by atoms with Crippen LogP contribution in [0.15, 0.2) is 36.5 Å². The molecule has 0 spiro atoms. The molecular weight excluding hydrogens is 667 g/mol. The molecular formula is C41H77O9P. The van der Waals surface area contributed by atoms with Gasteiger partial charge in [-0.2, -0.15) is 0 Å². The molecule has 0 fully saturated rings. The van der Waals surface area contributed by atoms with E-state index in [2.05, 4.69) is 50.3 Å². The smallest absolute Gasteiger partial charge is 0.457 e. The molecule has 0 bridgehead atoms. The molecule has 0 aliphatic rings. The van der Waals surface area contributed by atoms with Crippen molar-refractivity contribution in [2.24, 2.45) is 0 Å². The van der Waals surface area contributed by atoms with Crippen LogP contribution in [0.5, 0.6) is 0 Å². The molecule has 0 aromatic rings. The van der Waals surface area contributed by atoms with E-state index in [0.717, 1.165) is 64.2 Å². The van der Waals surface area contributed by atoms with Crippen molar-refractivity contribution >= 4 is 13.8 Å². The lowest BCUT2D eigenvalue weighted by atomic mass is 10.1. The molecule has 0 aliphatic heterocycles. The van der Waals surface area contributed by atoms with Gasteiger partial charge >= 0.3 is 13.8 Å². The minimum Gasteiger partial charge on any atom is -0.457 e. The number of hydrogen-bond donors (Lipinski definition) is 3. The molecule has 3 atom stereocenters.